The van der Waals surface area contributed by atoms with E-state index in [-0.39, 0.29) is 11.8 Å². The molecule has 0 bridgehead atoms. The highest BCUT2D eigenvalue weighted by Crippen LogP contribution is 2.28. The predicted octanol–water partition coefficient (Wildman–Crippen LogP) is 3.30. The Bertz CT molecular complexity index is 846. The zero-order chi connectivity index (χ0) is 17.1. The van der Waals surface area contributed by atoms with Crippen LogP contribution in [0.4, 0.5) is 0 Å². The summed E-state index contributed by atoms with van der Waals surface area (Å²) in [6.45, 7) is 1.38. The first kappa shape index (κ1) is 15.6. The second-order valence-electron chi connectivity index (χ2n) is 6.30. The predicted molar refractivity (Wildman–Crippen MR) is 93.8 cm³/mol. The zero-order valence-corrected chi connectivity index (χ0v) is 13.8. The van der Waals surface area contributed by atoms with E-state index in [2.05, 4.69) is 22.3 Å². The molecule has 0 unspecified atom stereocenters. The monoisotopic (exact) mass is 333 g/mol. The lowest BCUT2D eigenvalue weighted by Gasteiger charge is -2.15. The van der Waals surface area contributed by atoms with Gasteiger partial charge >= 0.3 is 0 Å². The topological polar surface area (TPSA) is 59.2 Å². The highest BCUT2D eigenvalue weighted by Gasteiger charge is 2.33. The van der Waals surface area contributed by atoms with E-state index in [0.717, 1.165) is 18.5 Å². The fourth-order valence-electron chi connectivity index (χ4n) is 3.17. The zero-order valence-electron chi connectivity index (χ0n) is 13.8. The number of hydrogen-bond acceptors (Lipinski definition) is 4. The van der Waals surface area contributed by atoms with E-state index in [0.29, 0.717) is 24.7 Å². The van der Waals surface area contributed by atoms with Crippen molar-refractivity contribution in [3.63, 3.8) is 0 Å². The van der Waals surface area contributed by atoms with Gasteiger partial charge in [-0.15, -0.1) is 0 Å². The van der Waals surface area contributed by atoms with Crippen molar-refractivity contribution < 1.29 is 9.32 Å². The normalized spacial score (nSPS) is 17.2. The molecule has 0 aliphatic carbocycles. The van der Waals surface area contributed by atoms with Gasteiger partial charge in [0.2, 0.25) is 5.91 Å². The van der Waals surface area contributed by atoms with Gasteiger partial charge in [0.15, 0.2) is 5.82 Å². The Morgan fingerprint density at radius 3 is 2.52 bits per heavy atom. The lowest BCUT2D eigenvalue weighted by molar-refractivity contribution is -0.127. The van der Waals surface area contributed by atoms with Gasteiger partial charge in [-0.2, -0.15) is 4.98 Å². The molecule has 25 heavy (non-hydrogen) atoms. The molecule has 2 aromatic carbocycles. The molecule has 1 aliphatic heterocycles. The molecular formula is C20H19N3O2. The highest BCUT2D eigenvalue weighted by molar-refractivity contribution is 5.79. The summed E-state index contributed by atoms with van der Waals surface area (Å²) in [5.41, 5.74) is 2.14. The minimum Gasteiger partial charge on any atom is -0.342 e. The van der Waals surface area contributed by atoms with E-state index in [4.69, 9.17) is 4.52 Å². The molecule has 2 heterocycles. The number of rotatable bonds is 5. The summed E-state index contributed by atoms with van der Waals surface area (Å²) < 4.78 is 5.37. The van der Waals surface area contributed by atoms with Crippen molar-refractivity contribution >= 4 is 5.91 Å². The number of carbonyl (C=O) groups is 1. The first-order valence-corrected chi connectivity index (χ1v) is 8.50. The Labute approximate surface area is 146 Å². The molecule has 0 radical (unpaired) electrons. The van der Waals surface area contributed by atoms with Crippen molar-refractivity contribution in [3.8, 4) is 11.5 Å². The SMILES string of the molecule is O=C1C[C@H](c2noc(-c3ccccc3)n2)CN1CCc1ccccc1. The van der Waals surface area contributed by atoms with Gasteiger partial charge in [0.05, 0.1) is 0 Å². The summed E-state index contributed by atoms with van der Waals surface area (Å²) in [5.74, 6) is 1.29. The van der Waals surface area contributed by atoms with Crippen LogP contribution in [-0.2, 0) is 11.2 Å². The summed E-state index contributed by atoms with van der Waals surface area (Å²) in [4.78, 5) is 18.7. The Morgan fingerprint density at radius 1 is 1.04 bits per heavy atom. The molecule has 1 amide bonds. The minimum absolute atomic E-state index is 0.00415. The average Bonchev–Trinajstić information content (AvgIpc) is 3.29. The van der Waals surface area contributed by atoms with E-state index in [1.54, 1.807) is 0 Å². The quantitative estimate of drug-likeness (QED) is 0.719. The van der Waals surface area contributed by atoms with Crippen molar-refractivity contribution in [2.75, 3.05) is 13.1 Å². The highest BCUT2D eigenvalue weighted by atomic mass is 16.5. The van der Waals surface area contributed by atoms with Crippen LogP contribution in [0.15, 0.2) is 65.2 Å². The number of benzene rings is 2. The van der Waals surface area contributed by atoms with Crippen LogP contribution < -0.4 is 0 Å². The number of hydrogen-bond donors (Lipinski definition) is 0. The maximum absolute atomic E-state index is 12.3. The first-order valence-electron chi connectivity index (χ1n) is 8.50. The molecule has 0 saturated carbocycles. The molecule has 5 nitrogen and oxygen atoms in total. The molecule has 3 aromatic rings. The molecule has 1 aromatic heterocycles. The largest absolute Gasteiger partial charge is 0.342 e. The summed E-state index contributed by atoms with van der Waals surface area (Å²) in [6.07, 6.45) is 1.31. The molecule has 1 atom stereocenters. The summed E-state index contributed by atoms with van der Waals surface area (Å²) in [5, 5.41) is 4.10. The third kappa shape index (κ3) is 3.45. The number of amides is 1. The molecule has 0 spiro atoms. The van der Waals surface area contributed by atoms with Crippen molar-refractivity contribution in [1.29, 1.82) is 0 Å². The summed E-state index contributed by atoms with van der Waals surface area (Å²) in [7, 11) is 0. The van der Waals surface area contributed by atoms with Gasteiger partial charge in [0.1, 0.15) is 0 Å². The van der Waals surface area contributed by atoms with Crippen LogP contribution in [-0.4, -0.2) is 34.0 Å². The lowest BCUT2D eigenvalue weighted by Crippen LogP contribution is -2.27. The van der Waals surface area contributed by atoms with Crippen LogP contribution in [0.25, 0.3) is 11.5 Å². The van der Waals surface area contributed by atoms with Crippen LogP contribution in [0.3, 0.4) is 0 Å². The van der Waals surface area contributed by atoms with E-state index >= 15 is 0 Å². The molecule has 0 N–H and O–H groups in total. The number of likely N-dealkylation sites (tertiary alicyclic amines) is 1. The summed E-state index contributed by atoms with van der Waals surface area (Å²) >= 11 is 0. The van der Waals surface area contributed by atoms with Crippen molar-refractivity contribution in [3.05, 3.63) is 72.1 Å². The second-order valence-corrected chi connectivity index (χ2v) is 6.30. The fraction of sp³-hybridized carbons (Fsp3) is 0.250. The molecule has 1 saturated heterocycles. The smallest absolute Gasteiger partial charge is 0.257 e. The molecular weight excluding hydrogens is 314 g/mol. The van der Waals surface area contributed by atoms with Gasteiger partial charge in [0.25, 0.3) is 5.89 Å². The van der Waals surface area contributed by atoms with E-state index < -0.39 is 0 Å². The van der Waals surface area contributed by atoms with Crippen LogP contribution in [0.5, 0.6) is 0 Å². The van der Waals surface area contributed by atoms with Crippen LogP contribution >= 0.6 is 0 Å². The Balaban J connectivity index is 1.41. The van der Waals surface area contributed by atoms with Gasteiger partial charge in [-0.25, -0.2) is 0 Å². The van der Waals surface area contributed by atoms with Gasteiger partial charge < -0.3 is 9.42 Å². The fourth-order valence-corrected chi connectivity index (χ4v) is 3.17. The molecule has 1 fully saturated rings. The van der Waals surface area contributed by atoms with Crippen LogP contribution in [0, 0.1) is 0 Å². The maximum atomic E-state index is 12.3. The summed E-state index contributed by atoms with van der Waals surface area (Å²) in [6, 6.07) is 19.9. The Hall–Kier alpha value is -2.95. The van der Waals surface area contributed by atoms with Gasteiger partial charge in [-0.1, -0.05) is 53.7 Å². The third-order valence-electron chi connectivity index (χ3n) is 4.56. The van der Waals surface area contributed by atoms with Crippen LogP contribution in [0.1, 0.15) is 23.7 Å². The first-order chi connectivity index (χ1) is 12.3. The van der Waals surface area contributed by atoms with Crippen molar-refractivity contribution in [2.45, 2.75) is 18.8 Å². The molecule has 126 valence electrons. The number of nitrogens with zero attached hydrogens (tertiary/aromatic N) is 3. The standard InChI is InChI=1S/C20H19N3O2/c24-18-13-17(14-23(18)12-11-15-7-3-1-4-8-15)19-21-20(25-22-19)16-9-5-2-6-10-16/h1-10,17H,11-14H2/t17-/m0/s1. The second kappa shape index (κ2) is 6.89. The molecule has 4 rings (SSSR count). The maximum Gasteiger partial charge on any atom is 0.257 e. The van der Waals surface area contributed by atoms with E-state index in [9.17, 15) is 4.79 Å². The Morgan fingerprint density at radius 2 is 1.76 bits per heavy atom. The minimum atomic E-state index is 0.00415. The van der Waals surface area contributed by atoms with E-state index in [1.165, 1.54) is 5.56 Å². The van der Waals surface area contributed by atoms with Crippen molar-refractivity contribution in [1.82, 2.24) is 15.0 Å². The lowest BCUT2D eigenvalue weighted by atomic mass is 10.1. The molecule has 5 heteroatoms. The van der Waals surface area contributed by atoms with Gasteiger partial charge in [0, 0.05) is 31.0 Å². The van der Waals surface area contributed by atoms with Crippen molar-refractivity contribution in [2.24, 2.45) is 0 Å². The third-order valence-corrected chi connectivity index (χ3v) is 4.56. The van der Waals surface area contributed by atoms with Crippen LogP contribution in [0.2, 0.25) is 0 Å². The van der Waals surface area contributed by atoms with Gasteiger partial charge in [-0.05, 0) is 24.1 Å². The van der Waals surface area contributed by atoms with Gasteiger partial charge in [-0.3, -0.25) is 4.79 Å². The van der Waals surface area contributed by atoms with E-state index in [1.807, 2.05) is 53.4 Å². The molecule has 1 aliphatic rings. The number of aromatic nitrogens is 2. The average molecular weight is 333 g/mol. The Kier molecular flexibility index (Phi) is 4.29. The number of carbonyl (C=O) groups excluding carboxylic acids is 1.